The fourth-order valence-corrected chi connectivity index (χ4v) is 1.57. The van der Waals surface area contributed by atoms with Crippen molar-refractivity contribution in [2.75, 3.05) is 13.7 Å². The van der Waals surface area contributed by atoms with Crippen molar-refractivity contribution < 1.29 is 43.8 Å². The Morgan fingerprint density at radius 2 is 2.12 bits per heavy atom. The fraction of sp³-hybridized carbons (Fsp3) is 0.500. The summed E-state index contributed by atoms with van der Waals surface area (Å²) in [6, 6.07) is 8.37. The minimum Gasteiger partial charge on any atom is -0.554 e. The second-order valence-electron chi connectivity index (χ2n) is 3.52. The first-order valence-corrected chi connectivity index (χ1v) is 5.22. The Morgan fingerprint density at radius 1 is 1.31 bits per heavy atom. The monoisotopic (exact) mass is 230 g/mol. The van der Waals surface area contributed by atoms with Gasteiger partial charge in [-0.25, -0.2) is 0 Å². The van der Waals surface area contributed by atoms with Crippen LogP contribution in [0, 0.1) is 6.07 Å². The molecule has 0 radical (unpaired) electrons. The molecule has 0 spiro atoms. The molecule has 2 rings (SSSR count). The average molecular weight is 230 g/mol. The van der Waals surface area contributed by atoms with Crippen molar-refractivity contribution in [3.05, 3.63) is 24.3 Å². The van der Waals surface area contributed by atoms with Gasteiger partial charge in [0.15, 0.2) is 6.29 Å². The van der Waals surface area contributed by atoms with Crippen LogP contribution < -0.4 is 39.0 Å². The van der Waals surface area contributed by atoms with Crippen molar-refractivity contribution in [2.24, 2.45) is 0 Å². The first kappa shape index (κ1) is 13.8. The van der Waals surface area contributed by atoms with Gasteiger partial charge in [-0.05, 0) is 12.8 Å². The predicted molar refractivity (Wildman–Crippen MR) is 56.0 cm³/mol. The maximum absolute atomic E-state index is 5.66. The number of ether oxygens (including phenoxy) is 3. The van der Waals surface area contributed by atoms with E-state index in [0.29, 0.717) is 0 Å². The third-order valence-corrected chi connectivity index (χ3v) is 2.38. The Labute approximate surface area is 118 Å². The van der Waals surface area contributed by atoms with Gasteiger partial charge in [-0.15, -0.1) is 12.1 Å². The molecule has 0 aliphatic carbocycles. The summed E-state index contributed by atoms with van der Waals surface area (Å²) in [6.07, 6.45) is 3.14. The van der Waals surface area contributed by atoms with Crippen molar-refractivity contribution in [3.8, 4) is 11.5 Å². The smallest absolute Gasteiger partial charge is 0.554 e. The van der Waals surface area contributed by atoms with E-state index in [1.54, 1.807) is 19.2 Å². The summed E-state index contributed by atoms with van der Waals surface area (Å²) < 4.78 is 16.2. The molecule has 1 heterocycles. The molecule has 0 saturated carbocycles. The summed E-state index contributed by atoms with van der Waals surface area (Å²) in [7, 11) is 1.63. The van der Waals surface area contributed by atoms with E-state index < -0.39 is 0 Å². The van der Waals surface area contributed by atoms with Crippen molar-refractivity contribution in [2.45, 2.75) is 25.6 Å². The van der Waals surface area contributed by atoms with E-state index in [-0.39, 0.29) is 35.8 Å². The number of benzene rings is 1. The van der Waals surface area contributed by atoms with Gasteiger partial charge in [-0.3, -0.25) is 0 Å². The molecular formula is C12H15NaO3. The van der Waals surface area contributed by atoms with Crippen LogP contribution in [0.4, 0.5) is 0 Å². The number of rotatable bonds is 3. The van der Waals surface area contributed by atoms with E-state index in [9.17, 15) is 0 Å². The molecule has 1 aromatic rings. The summed E-state index contributed by atoms with van der Waals surface area (Å²) in [4.78, 5) is 0. The predicted octanol–water partition coefficient (Wildman–Crippen LogP) is -0.595. The molecule has 3 nitrogen and oxygen atoms in total. The van der Waals surface area contributed by atoms with Gasteiger partial charge < -0.3 is 14.2 Å². The molecule has 0 aromatic heterocycles. The molecule has 0 bridgehead atoms. The van der Waals surface area contributed by atoms with Crippen LogP contribution in [0.1, 0.15) is 19.3 Å². The summed E-state index contributed by atoms with van der Waals surface area (Å²) in [5, 5.41) is 0. The van der Waals surface area contributed by atoms with E-state index in [1.165, 1.54) is 6.42 Å². The molecule has 1 aliphatic rings. The minimum absolute atomic E-state index is 0. The van der Waals surface area contributed by atoms with Crippen LogP contribution in [-0.4, -0.2) is 20.0 Å². The molecular weight excluding hydrogens is 215 g/mol. The van der Waals surface area contributed by atoms with E-state index in [0.717, 1.165) is 30.9 Å². The molecule has 1 aliphatic heterocycles. The zero-order valence-corrected chi connectivity index (χ0v) is 11.9. The van der Waals surface area contributed by atoms with Crippen LogP contribution in [0.2, 0.25) is 0 Å². The van der Waals surface area contributed by atoms with E-state index in [1.807, 2.05) is 6.07 Å². The zero-order valence-electron chi connectivity index (χ0n) is 9.86. The van der Waals surface area contributed by atoms with Crippen LogP contribution in [-0.2, 0) is 4.74 Å². The second-order valence-corrected chi connectivity index (χ2v) is 3.52. The van der Waals surface area contributed by atoms with Crippen LogP contribution in [0.5, 0.6) is 11.5 Å². The standard InChI is InChI=1S/C12H15O3.Na/c1-13-10-5-4-6-11(9-10)15-12-7-2-3-8-14-12;/h5-6,9,12H,2-3,7-8H2,1H3;/q-1;+1. The topological polar surface area (TPSA) is 27.7 Å². The third-order valence-electron chi connectivity index (χ3n) is 2.38. The Bertz CT molecular complexity index is 311. The first-order valence-electron chi connectivity index (χ1n) is 5.22. The molecule has 82 valence electrons. The molecule has 1 unspecified atom stereocenters. The molecule has 1 fully saturated rings. The van der Waals surface area contributed by atoms with Gasteiger partial charge in [0, 0.05) is 17.9 Å². The Morgan fingerprint density at radius 3 is 2.81 bits per heavy atom. The molecule has 4 heteroatoms. The van der Waals surface area contributed by atoms with Crippen molar-refractivity contribution in [1.82, 2.24) is 0 Å². The SMILES string of the molecule is COc1c[c-]cc(OC2CCCCO2)c1.[Na+]. The summed E-state index contributed by atoms with van der Waals surface area (Å²) in [5.41, 5.74) is 0. The van der Waals surface area contributed by atoms with Crippen molar-refractivity contribution in [1.29, 1.82) is 0 Å². The molecule has 1 aromatic carbocycles. The summed E-state index contributed by atoms with van der Waals surface area (Å²) in [5.74, 6) is 1.50. The largest absolute Gasteiger partial charge is 1.00 e. The number of hydrogen-bond acceptors (Lipinski definition) is 3. The van der Waals surface area contributed by atoms with Gasteiger partial charge in [0.2, 0.25) is 0 Å². The Hall–Kier alpha value is -0.220. The summed E-state index contributed by atoms with van der Waals surface area (Å²) in [6.45, 7) is 0.790. The molecule has 0 amide bonds. The maximum Gasteiger partial charge on any atom is 1.00 e. The van der Waals surface area contributed by atoms with Gasteiger partial charge in [0.05, 0.1) is 13.7 Å². The molecule has 1 atom stereocenters. The molecule has 16 heavy (non-hydrogen) atoms. The van der Waals surface area contributed by atoms with Gasteiger partial charge in [-0.1, -0.05) is 6.07 Å². The minimum atomic E-state index is -0.112. The first-order chi connectivity index (χ1) is 7.38. The van der Waals surface area contributed by atoms with Crippen molar-refractivity contribution >= 4 is 0 Å². The van der Waals surface area contributed by atoms with Gasteiger partial charge in [-0.2, -0.15) is 6.07 Å². The zero-order chi connectivity index (χ0) is 10.5. The fourth-order valence-electron chi connectivity index (χ4n) is 1.57. The van der Waals surface area contributed by atoms with Crippen LogP contribution in [0.15, 0.2) is 18.2 Å². The van der Waals surface area contributed by atoms with Gasteiger partial charge in [0.1, 0.15) is 0 Å². The van der Waals surface area contributed by atoms with Crippen molar-refractivity contribution in [3.63, 3.8) is 0 Å². The van der Waals surface area contributed by atoms with Crippen LogP contribution in [0.3, 0.4) is 0 Å². The average Bonchev–Trinajstić information content (AvgIpc) is 2.31. The third kappa shape index (κ3) is 3.98. The molecule has 1 saturated heterocycles. The number of methoxy groups -OCH3 is 1. The Kier molecular flexibility index (Phi) is 6.21. The van der Waals surface area contributed by atoms with E-state index in [4.69, 9.17) is 14.2 Å². The van der Waals surface area contributed by atoms with Gasteiger partial charge >= 0.3 is 29.6 Å². The normalized spacial score (nSPS) is 19.7. The van der Waals surface area contributed by atoms with Gasteiger partial charge in [0.25, 0.3) is 0 Å². The quantitative estimate of drug-likeness (QED) is 0.513. The maximum atomic E-state index is 5.66. The van der Waals surface area contributed by atoms with Crippen LogP contribution in [0.25, 0.3) is 0 Å². The summed E-state index contributed by atoms with van der Waals surface area (Å²) >= 11 is 0. The van der Waals surface area contributed by atoms with Crippen LogP contribution >= 0.6 is 0 Å². The second kappa shape index (κ2) is 7.17. The van der Waals surface area contributed by atoms with E-state index >= 15 is 0 Å². The molecule has 0 N–H and O–H groups in total. The number of hydrogen-bond donors (Lipinski definition) is 0. The van der Waals surface area contributed by atoms with E-state index in [2.05, 4.69) is 6.07 Å². The Balaban J connectivity index is 0.00000128.